The molecule has 0 aliphatic rings. The Kier molecular flexibility index (Phi) is 7.91. The maximum absolute atomic E-state index is 9.79. The molecule has 0 aromatic heterocycles. The first-order valence-corrected chi connectivity index (χ1v) is 7.73. The fourth-order valence-electron chi connectivity index (χ4n) is 1.79. The lowest BCUT2D eigenvalue weighted by Gasteiger charge is -2.15. The van der Waals surface area contributed by atoms with Gasteiger partial charge < -0.3 is 19.9 Å². The molecule has 5 nitrogen and oxygen atoms in total. The predicted octanol–water partition coefficient (Wildman–Crippen LogP) is 2.90. The average molecular weight is 308 g/mol. The molecule has 124 valence electrons. The Morgan fingerprint density at radius 3 is 2.36 bits per heavy atom. The Morgan fingerprint density at radius 1 is 1.18 bits per heavy atom. The Hall–Kier alpha value is -1.59. The van der Waals surface area contributed by atoms with Crippen LogP contribution in [0.5, 0.6) is 5.75 Å². The van der Waals surface area contributed by atoms with Gasteiger partial charge in [0.25, 0.3) is 0 Å². The first-order chi connectivity index (χ1) is 10.4. The molecule has 0 bridgehead atoms. The summed E-state index contributed by atoms with van der Waals surface area (Å²) in [6.45, 7) is 10.6. The quantitative estimate of drug-likeness (QED) is 0.572. The molecule has 0 spiro atoms. The van der Waals surface area contributed by atoms with Crippen molar-refractivity contribution in [2.45, 2.75) is 52.9 Å². The van der Waals surface area contributed by atoms with Crippen molar-refractivity contribution in [3.05, 3.63) is 24.3 Å². The first kappa shape index (κ1) is 18.5. The third kappa shape index (κ3) is 8.00. The van der Waals surface area contributed by atoms with E-state index in [2.05, 4.69) is 10.3 Å². The van der Waals surface area contributed by atoms with Crippen molar-refractivity contribution in [3.8, 4) is 5.75 Å². The number of nitrogens with zero attached hydrogens (tertiary/aromatic N) is 1. The second-order valence-electron chi connectivity index (χ2n) is 5.82. The lowest BCUT2D eigenvalue weighted by Crippen LogP contribution is -2.35. The summed E-state index contributed by atoms with van der Waals surface area (Å²) in [7, 11) is 0. The van der Waals surface area contributed by atoms with Crippen LogP contribution in [0.1, 0.15) is 34.6 Å². The Labute approximate surface area is 133 Å². The molecule has 22 heavy (non-hydrogen) atoms. The largest absolute Gasteiger partial charge is 0.491 e. The molecule has 1 aromatic carbocycles. The summed E-state index contributed by atoms with van der Waals surface area (Å²) < 4.78 is 11.0. The number of ether oxygens (including phenoxy) is 2. The Bertz CT molecular complexity index is 455. The highest BCUT2D eigenvalue weighted by atomic mass is 16.5. The molecule has 0 fully saturated rings. The van der Waals surface area contributed by atoms with Crippen molar-refractivity contribution in [2.24, 2.45) is 4.99 Å². The molecule has 1 aromatic rings. The maximum Gasteiger partial charge on any atom is 0.185 e. The van der Waals surface area contributed by atoms with Crippen molar-refractivity contribution >= 4 is 11.6 Å². The van der Waals surface area contributed by atoms with E-state index < -0.39 is 6.10 Å². The number of aliphatic hydroxyl groups is 1. The second kappa shape index (κ2) is 9.43. The summed E-state index contributed by atoms with van der Waals surface area (Å²) in [6, 6.07) is 7.75. The molecule has 0 heterocycles. The molecule has 2 N–H and O–H groups in total. The number of hydrogen-bond donors (Lipinski definition) is 2. The first-order valence-electron chi connectivity index (χ1n) is 7.73. The minimum atomic E-state index is -0.526. The van der Waals surface area contributed by atoms with Gasteiger partial charge in [-0.1, -0.05) is 13.8 Å². The number of hydrogen-bond acceptors (Lipinski definition) is 5. The van der Waals surface area contributed by atoms with Crippen LogP contribution in [-0.4, -0.2) is 42.4 Å². The van der Waals surface area contributed by atoms with Gasteiger partial charge in [-0.2, -0.15) is 0 Å². The third-order valence-corrected chi connectivity index (χ3v) is 2.73. The van der Waals surface area contributed by atoms with Gasteiger partial charge in [-0.25, -0.2) is 4.99 Å². The van der Waals surface area contributed by atoms with E-state index in [-0.39, 0.29) is 12.7 Å². The lowest BCUT2D eigenvalue weighted by atomic mass is 10.3. The summed E-state index contributed by atoms with van der Waals surface area (Å²) >= 11 is 0. The van der Waals surface area contributed by atoms with Gasteiger partial charge in [0, 0.05) is 19.5 Å². The number of nitrogens with one attached hydrogen (secondary N) is 1. The second-order valence-corrected chi connectivity index (χ2v) is 5.82. The zero-order valence-electron chi connectivity index (χ0n) is 14.2. The molecule has 0 aliphatic carbocycles. The van der Waals surface area contributed by atoms with E-state index in [1.807, 2.05) is 58.9 Å². The zero-order valence-corrected chi connectivity index (χ0v) is 14.2. The molecule has 5 heteroatoms. The van der Waals surface area contributed by atoms with Crippen molar-refractivity contribution in [1.29, 1.82) is 0 Å². The van der Waals surface area contributed by atoms with Crippen LogP contribution in [0.2, 0.25) is 0 Å². The van der Waals surface area contributed by atoms with E-state index in [4.69, 9.17) is 9.47 Å². The number of aliphatic hydroxyl groups excluding tert-OH is 1. The molecule has 1 unspecified atom stereocenters. The summed E-state index contributed by atoms with van der Waals surface area (Å²) in [4.78, 5) is 4.36. The van der Waals surface area contributed by atoms with Gasteiger partial charge >= 0.3 is 0 Å². The predicted molar refractivity (Wildman–Crippen MR) is 90.1 cm³/mol. The summed E-state index contributed by atoms with van der Waals surface area (Å²) in [5, 5.41) is 13.0. The van der Waals surface area contributed by atoms with E-state index in [1.54, 1.807) is 0 Å². The van der Waals surface area contributed by atoms with Crippen LogP contribution in [0.15, 0.2) is 29.3 Å². The fraction of sp³-hybridized carbons (Fsp3) is 0.588. The van der Waals surface area contributed by atoms with E-state index in [0.29, 0.717) is 24.2 Å². The average Bonchev–Trinajstić information content (AvgIpc) is 2.43. The molecule has 0 radical (unpaired) electrons. The fourth-order valence-corrected chi connectivity index (χ4v) is 1.79. The molecular formula is C17H28N2O3. The third-order valence-electron chi connectivity index (χ3n) is 2.73. The Morgan fingerprint density at radius 2 is 1.82 bits per heavy atom. The number of benzene rings is 1. The summed E-state index contributed by atoms with van der Waals surface area (Å²) in [5.74, 6) is 1.35. The van der Waals surface area contributed by atoms with Crippen LogP contribution in [0.3, 0.4) is 0 Å². The molecule has 0 aliphatic heterocycles. The van der Waals surface area contributed by atoms with E-state index in [1.165, 1.54) is 0 Å². The summed E-state index contributed by atoms with van der Waals surface area (Å²) in [5.41, 5.74) is 0.813. The highest BCUT2D eigenvalue weighted by Crippen LogP contribution is 2.18. The number of rotatable bonds is 8. The minimum Gasteiger partial charge on any atom is -0.491 e. The standard InChI is InChI=1S/C17H28N2O3/c1-12(2)18-10-16(20)11-21-17-8-6-15(7-9-17)19-14(5)22-13(3)4/h6-9,12-13,16,18,20H,10-11H2,1-5H3. The normalized spacial score (nSPS) is 13.5. The van der Waals surface area contributed by atoms with Crippen LogP contribution in [0.25, 0.3) is 0 Å². The van der Waals surface area contributed by atoms with Gasteiger partial charge in [0.05, 0.1) is 11.8 Å². The van der Waals surface area contributed by atoms with E-state index >= 15 is 0 Å². The van der Waals surface area contributed by atoms with Crippen LogP contribution < -0.4 is 10.1 Å². The van der Waals surface area contributed by atoms with E-state index in [9.17, 15) is 5.11 Å². The Balaban J connectivity index is 2.45. The topological polar surface area (TPSA) is 63.1 Å². The molecule has 1 rings (SSSR count). The molecule has 0 amide bonds. The van der Waals surface area contributed by atoms with Crippen LogP contribution in [-0.2, 0) is 4.74 Å². The van der Waals surface area contributed by atoms with Gasteiger partial charge in [-0.15, -0.1) is 0 Å². The highest BCUT2D eigenvalue weighted by Gasteiger charge is 2.06. The maximum atomic E-state index is 9.79. The SMILES string of the molecule is CC(=Nc1ccc(OCC(O)CNC(C)C)cc1)OC(C)C. The van der Waals surface area contributed by atoms with Crippen molar-refractivity contribution < 1.29 is 14.6 Å². The lowest BCUT2D eigenvalue weighted by molar-refractivity contribution is 0.104. The smallest absolute Gasteiger partial charge is 0.185 e. The van der Waals surface area contributed by atoms with Gasteiger partial charge in [0.1, 0.15) is 18.5 Å². The minimum absolute atomic E-state index is 0.118. The van der Waals surface area contributed by atoms with E-state index in [0.717, 1.165) is 5.69 Å². The van der Waals surface area contributed by atoms with Crippen LogP contribution in [0, 0.1) is 0 Å². The van der Waals surface area contributed by atoms with Crippen LogP contribution in [0.4, 0.5) is 5.69 Å². The number of aliphatic imine (C=N–C) groups is 1. The van der Waals surface area contributed by atoms with Gasteiger partial charge in [-0.3, -0.25) is 0 Å². The van der Waals surface area contributed by atoms with Gasteiger partial charge in [0.2, 0.25) is 0 Å². The van der Waals surface area contributed by atoms with Crippen molar-refractivity contribution in [1.82, 2.24) is 5.32 Å². The molecule has 1 atom stereocenters. The highest BCUT2D eigenvalue weighted by molar-refractivity contribution is 5.76. The van der Waals surface area contributed by atoms with Gasteiger partial charge in [0.15, 0.2) is 5.90 Å². The monoisotopic (exact) mass is 308 g/mol. The van der Waals surface area contributed by atoms with Crippen LogP contribution >= 0.6 is 0 Å². The molecule has 0 saturated heterocycles. The molecular weight excluding hydrogens is 280 g/mol. The van der Waals surface area contributed by atoms with Crippen molar-refractivity contribution in [3.63, 3.8) is 0 Å². The zero-order chi connectivity index (χ0) is 16.5. The summed E-state index contributed by atoms with van der Waals surface area (Å²) in [6.07, 6.45) is -0.408. The molecule has 0 saturated carbocycles. The van der Waals surface area contributed by atoms with Crippen molar-refractivity contribution in [2.75, 3.05) is 13.2 Å². The van der Waals surface area contributed by atoms with Gasteiger partial charge in [-0.05, 0) is 38.1 Å².